The van der Waals surface area contributed by atoms with Crippen LogP contribution in [0.5, 0.6) is 0 Å². The number of amides is 1. The first-order valence-corrected chi connectivity index (χ1v) is 6.56. The fourth-order valence-corrected chi connectivity index (χ4v) is 2.21. The molecule has 0 saturated carbocycles. The normalized spacial score (nSPS) is 10.8. The molecule has 0 spiro atoms. The Labute approximate surface area is 124 Å². The number of nitrogens with one attached hydrogen (secondary N) is 3. The van der Waals surface area contributed by atoms with Gasteiger partial charge >= 0.3 is 5.69 Å². The first kappa shape index (κ1) is 13.4. The van der Waals surface area contributed by atoms with Crippen molar-refractivity contribution in [1.82, 2.24) is 15.0 Å². The summed E-state index contributed by atoms with van der Waals surface area (Å²) < 4.78 is 0. The highest BCUT2D eigenvalue weighted by molar-refractivity contribution is 6.29. The molecule has 0 aliphatic heterocycles. The van der Waals surface area contributed by atoms with Crippen LogP contribution in [0, 0.1) is 6.92 Å². The standard InChI is InChI=1S/C14H11ClN4O2/c1-7-6-16-12(15)5-9(7)13(20)17-8-2-3-10-11(4-8)19-14(21)18-10/h2-6H,1H3,(H,17,20)(H2,18,19,21). The molecule has 3 rings (SSSR count). The Bertz CT molecular complexity index is 897. The van der Waals surface area contributed by atoms with E-state index < -0.39 is 0 Å². The zero-order valence-electron chi connectivity index (χ0n) is 11.0. The molecule has 21 heavy (non-hydrogen) atoms. The smallest absolute Gasteiger partial charge is 0.322 e. The first-order chi connectivity index (χ1) is 10.0. The second-order valence-corrected chi connectivity index (χ2v) is 5.00. The van der Waals surface area contributed by atoms with Gasteiger partial charge in [-0.25, -0.2) is 9.78 Å². The van der Waals surface area contributed by atoms with Gasteiger partial charge in [0, 0.05) is 17.4 Å². The Balaban J connectivity index is 1.92. The molecule has 0 saturated heterocycles. The van der Waals surface area contributed by atoms with E-state index in [0.717, 1.165) is 5.56 Å². The second-order valence-electron chi connectivity index (χ2n) is 4.62. The van der Waals surface area contributed by atoms with E-state index in [9.17, 15) is 9.59 Å². The predicted octanol–water partition coefficient (Wildman–Crippen LogP) is 2.47. The molecule has 3 N–H and O–H groups in total. The van der Waals surface area contributed by atoms with Crippen molar-refractivity contribution >= 4 is 34.2 Å². The van der Waals surface area contributed by atoms with E-state index >= 15 is 0 Å². The van der Waals surface area contributed by atoms with Crippen LogP contribution in [-0.4, -0.2) is 20.9 Å². The molecule has 2 aromatic heterocycles. The van der Waals surface area contributed by atoms with E-state index in [1.807, 2.05) is 0 Å². The fraction of sp³-hybridized carbons (Fsp3) is 0.0714. The molecular formula is C14H11ClN4O2. The van der Waals surface area contributed by atoms with Crippen molar-refractivity contribution in [2.75, 3.05) is 5.32 Å². The van der Waals surface area contributed by atoms with E-state index in [0.29, 0.717) is 22.3 Å². The van der Waals surface area contributed by atoms with Crippen LogP contribution < -0.4 is 11.0 Å². The maximum Gasteiger partial charge on any atom is 0.323 e. The molecule has 7 heteroatoms. The number of hydrogen-bond acceptors (Lipinski definition) is 3. The van der Waals surface area contributed by atoms with E-state index in [1.54, 1.807) is 31.3 Å². The number of aryl methyl sites for hydroxylation is 1. The molecule has 0 bridgehead atoms. The summed E-state index contributed by atoms with van der Waals surface area (Å²) in [6.45, 7) is 1.78. The summed E-state index contributed by atoms with van der Waals surface area (Å²) in [6, 6.07) is 6.63. The number of carbonyl (C=O) groups is 1. The molecule has 0 atom stereocenters. The third-order valence-electron chi connectivity index (χ3n) is 3.09. The maximum atomic E-state index is 12.3. The van der Waals surface area contributed by atoms with Crippen LogP contribution in [0.1, 0.15) is 15.9 Å². The van der Waals surface area contributed by atoms with Gasteiger partial charge in [-0.3, -0.25) is 4.79 Å². The number of imidazole rings is 1. The molecule has 1 aromatic carbocycles. The van der Waals surface area contributed by atoms with Crippen LogP contribution >= 0.6 is 11.6 Å². The van der Waals surface area contributed by atoms with Gasteiger partial charge in [0.2, 0.25) is 0 Å². The molecule has 0 fully saturated rings. The van der Waals surface area contributed by atoms with Crippen LogP contribution in [-0.2, 0) is 0 Å². The van der Waals surface area contributed by atoms with Crippen molar-refractivity contribution in [3.05, 3.63) is 57.2 Å². The van der Waals surface area contributed by atoms with E-state index in [4.69, 9.17) is 11.6 Å². The third-order valence-corrected chi connectivity index (χ3v) is 3.29. The van der Waals surface area contributed by atoms with Crippen LogP contribution in [0.15, 0.2) is 35.3 Å². The minimum atomic E-state index is -0.287. The number of carbonyl (C=O) groups excluding carboxylic acids is 1. The Morgan fingerprint density at radius 3 is 2.81 bits per heavy atom. The van der Waals surface area contributed by atoms with Gasteiger partial charge < -0.3 is 15.3 Å². The highest BCUT2D eigenvalue weighted by Crippen LogP contribution is 2.17. The van der Waals surface area contributed by atoms with E-state index in [1.165, 1.54) is 6.07 Å². The van der Waals surface area contributed by atoms with Crippen molar-refractivity contribution in [3.63, 3.8) is 0 Å². The average molecular weight is 303 g/mol. The number of aromatic nitrogens is 3. The number of nitrogens with zero attached hydrogens (tertiary/aromatic N) is 1. The highest BCUT2D eigenvalue weighted by Gasteiger charge is 2.11. The van der Waals surface area contributed by atoms with Gasteiger partial charge in [-0.15, -0.1) is 0 Å². The number of halogens is 1. The zero-order chi connectivity index (χ0) is 15.0. The number of fused-ring (bicyclic) bond motifs is 1. The number of pyridine rings is 1. The van der Waals surface area contributed by atoms with Gasteiger partial charge in [0.15, 0.2) is 0 Å². The van der Waals surface area contributed by atoms with E-state index in [-0.39, 0.29) is 16.8 Å². The molecule has 0 aliphatic rings. The van der Waals surface area contributed by atoms with E-state index in [2.05, 4.69) is 20.3 Å². The summed E-state index contributed by atoms with van der Waals surface area (Å²) >= 11 is 5.81. The van der Waals surface area contributed by atoms with Crippen molar-refractivity contribution < 1.29 is 4.79 Å². The van der Waals surface area contributed by atoms with Crippen LogP contribution in [0.25, 0.3) is 11.0 Å². The van der Waals surface area contributed by atoms with Crippen LogP contribution in [0.3, 0.4) is 0 Å². The molecule has 0 unspecified atom stereocenters. The van der Waals surface area contributed by atoms with Gasteiger partial charge in [0.1, 0.15) is 5.15 Å². The second kappa shape index (κ2) is 5.06. The Morgan fingerprint density at radius 1 is 1.24 bits per heavy atom. The quantitative estimate of drug-likeness (QED) is 0.635. The van der Waals surface area contributed by atoms with Crippen molar-refractivity contribution in [2.45, 2.75) is 6.92 Å². The summed E-state index contributed by atoms with van der Waals surface area (Å²) in [4.78, 5) is 32.6. The van der Waals surface area contributed by atoms with Crippen LogP contribution in [0.2, 0.25) is 5.15 Å². The van der Waals surface area contributed by atoms with Crippen LogP contribution in [0.4, 0.5) is 5.69 Å². The third kappa shape index (κ3) is 2.66. The molecule has 0 aliphatic carbocycles. The van der Waals surface area contributed by atoms with Gasteiger partial charge in [0.25, 0.3) is 5.91 Å². The molecule has 2 heterocycles. The summed E-state index contributed by atoms with van der Waals surface area (Å²) in [6.07, 6.45) is 1.55. The lowest BCUT2D eigenvalue weighted by molar-refractivity contribution is 0.102. The zero-order valence-corrected chi connectivity index (χ0v) is 11.8. The van der Waals surface area contributed by atoms with Gasteiger partial charge in [0.05, 0.1) is 11.0 Å². The molecule has 3 aromatic rings. The summed E-state index contributed by atoms with van der Waals surface area (Å²) in [5, 5.41) is 3.03. The summed E-state index contributed by atoms with van der Waals surface area (Å²) in [5.41, 5.74) is 2.79. The average Bonchev–Trinajstić information content (AvgIpc) is 2.80. The Morgan fingerprint density at radius 2 is 2.00 bits per heavy atom. The minimum Gasteiger partial charge on any atom is -0.322 e. The van der Waals surface area contributed by atoms with Crippen molar-refractivity contribution in [1.29, 1.82) is 0 Å². The summed E-state index contributed by atoms with van der Waals surface area (Å²) in [5.74, 6) is -0.283. The first-order valence-electron chi connectivity index (χ1n) is 6.18. The van der Waals surface area contributed by atoms with Gasteiger partial charge in [-0.05, 0) is 36.8 Å². The van der Waals surface area contributed by atoms with Gasteiger partial charge in [-0.2, -0.15) is 0 Å². The SMILES string of the molecule is Cc1cnc(Cl)cc1C(=O)Nc1ccc2[nH]c(=O)[nH]c2c1. The predicted molar refractivity (Wildman–Crippen MR) is 80.9 cm³/mol. The highest BCUT2D eigenvalue weighted by atomic mass is 35.5. The minimum absolute atomic E-state index is 0.260. The molecule has 6 nitrogen and oxygen atoms in total. The molecule has 1 amide bonds. The lowest BCUT2D eigenvalue weighted by Crippen LogP contribution is -2.13. The molecule has 0 radical (unpaired) electrons. The number of hydrogen-bond donors (Lipinski definition) is 3. The van der Waals surface area contributed by atoms with Crippen molar-refractivity contribution in [2.24, 2.45) is 0 Å². The molecule has 106 valence electrons. The lowest BCUT2D eigenvalue weighted by atomic mass is 10.1. The topological polar surface area (TPSA) is 90.6 Å². The van der Waals surface area contributed by atoms with Gasteiger partial charge in [-0.1, -0.05) is 11.6 Å². The molecular weight excluding hydrogens is 292 g/mol. The number of rotatable bonds is 2. The summed E-state index contributed by atoms with van der Waals surface area (Å²) in [7, 11) is 0. The van der Waals surface area contributed by atoms with Crippen molar-refractivity contribution in [3.8, 4) is 0 Å². The monoisotopic (exact) mass is 302 g/mol. The fourth-order valence-electron chi connectivity index (χ4n) is 2.05. The maximum absolute atomic E-state index is 12.3. The number of anilines is 1. The largest absolute Gasteiger partial charge is 0.323 e. The number of benzene rings is 1. The lowest BCUT2D eigenvalue weighted by Gasteiger charge is -2.07. The number of H-pyrrole nitrogens is 2. The Hall–Kier alpha value is -2.60. The number of aromatic amines is 2. The Kier molecular flexibility index (Phi) is 3.23.